The van der Waals surface area contributed by atoms with Crippen molar-refractivity contribution in [3.8, 4) is 5.75 Å². The van der Waals surface area contributed by atoms with E-state index < -0.39 is 12.1 Å². The Hall–Kier alpha value is -2.39. The second-order valence-corrected chi connectivity index (χ2v) is 8.01. The first-order chi connectivity index (χ1) is 14.5. The van der Waals surface area contributed by atoms with Gasteiger partial charge in [-0.1, -0.05) is 12.5 Å². The minimum atomic E-state index is -0.478. The molecule has 30 heavy (non-hydrogen) atoms. The summed E-state index contributed by atoms with van der Waals surface area (Å²) in [5, 5.41) is 14.1. The third kappa shape index (κ3) is 7.46. The van der Waals surface area contributed by atoms with Gasteiger partial charge in [0.05, 0.1) is 6.61 Å². The lowest BCUT2D eigenvalue weighted by atomic mass is 10.1. The zero-order valence-electron chi connectivity index (χ0n) is 17.4. The fourth-order valence-corrected chi connectivity index (χ4v) is 3.26. The number of nitrogens with one attached hydrogen (secondary N) is 5. The highest BCUT2D eigenvalue weighted by molar-refractivity contribution is 5.95. The maximum absolute atomic E-state index is 13.9. The van der Waals surface area contributed by atoms with Gasteiger partial charge in [0.2, 0.25) is 0 Å². The van der Waals surface area contributed by atoms with E-state index in [0.717, 1.165) is 37.9 Å². The highest BCUT2D eigenvalue weighted by atomic mass is 19.1. The maximum atomic E-state index is 13.9. The molecule has 1 heterocycles. The Kier molecular flexibility index (Phi) is 8.27. The van der Waals surface area contributed by atoms with Crippen molar-refractivity contribution in [2.24, 2.45) is 5.92 Å². The number of imide groups is 1. The number of hydrogen-bond acceptors (Lipinski definition) is 5. The first-order valence-corrected chi connectivity index (χ1v) is 10.8. The molecule has 1 aromatic rings. The van der Waals surface area contributed by atoms with Crippen molar-refractivity contribution in [2.45, 2.75) is 51.2 Å². The van der Waals surface area contributed by atoms with E-state index in [4.69, 9.17) is 4.74 Å². The number of rotatable bonds is 13. The molecule has 1 aliphatic carbocycles. The summed E-state index contributed by atoms with van der Waals surface area (Å²) < 4.78 is 19.5. The molecule has 0 bridgehead atoms. The van der Waals surface area contributed by atoms with Crippen LogP contribution in [0.1, 0.15) is 50.6 Å². The smallest absolute Gasteiger partial charge is 0.324 e. The summed E-state index contributed by atoms with van der Waals surface area (Å²) in [6.07, 6.45) is 5.05. The van der Waals surface area contributed by atoms with E-state index in [0.29, 0.717) is 24.8 Å². The Morgan fingerprint density at radius 1 is 1.13 bits per heavy atom. The van der Waals surface area contributed by atoms with Crippen LogP contribution < -0.4 is 31.3 Å². The van der Waals surface area contributed by atoms with Gasteiger partial charge in [0.15, 0.2) is 11.6 Å². The average molecular weight is 422 g/mol. The molecule has 166 valence electrons. The molecule has 1 saturated heterocycles. The molecule has 2 fully saturated rings. The van der Waals surface area contributed by atoms with Gasteiger partial charge >= 0.3 is 12.1 Å². The number of carbonyl (C=O) groups excluding carboxylic acids is 2. The Balaban J connectivity index is 1.25. The van der Waals surface area contributed by atoms with Crippen LogP contribution in [0, 0.1) is 11.7 Å². The number of carbonyl (C=O) groups is 2. The van der Waals surface area contributed by atoms with E-state index in [1.165, 1.54) is 18.9 Å². The molecular weight excluding hydrogens is 389 g/mol. The lowest BCUT2D eigenvalue weighted by Gasteiger charge is -2.25. The van der Waals surface area contributed by atoms with Gasteiger partial charge in [-0.15, -0.1) is 0 Å². The molecule has 2 aliphatic rings. The third-order valence-corrected chi connectivity index (χ3v) is 5.29. The minimum Gasteiger partial charge on any atom is -0.490 e. The highest BCUT2D eigenvalue weighted by Crippen LogP contribution is 2.31. The van der Waals surface area contributed by atoms with E-state index in [2.05, 4.69) is 33.5 Å². The van der Waals surface area contributed by atoms with E-state index in [1.807, 2.05) is 0 Å². The number of halogens is 1. The first kappa shape index (κ1) is 22.3. The molecule has 1 saturated carbocycles. The Morgan fingerprint density at radius 2 is 1.87 bits per heavy atom. The van der Waals surface area contributed by atoms with Crippen molar-refractivity contribution in [1.29, 1.82) is 0 Å². The van der Waals surface area contributed by atoms with Gasteiger partial charge in [-0.3, -0.25) is 5.32 Å². The molecule has 5 N–H and O–H groups in total. The predicted molar refractivity (Wildman–Crippen MR) is 112 cm³/mol. The predicted octanol–water partition coefficient (Wildman–Crippen LogP) is 2.37. The largest absolute Gasteiger partial charge is 0.490 e. The van der Waals surface area contributed by atoms with Crippen LogP contribution in [0.25, 0.3) is 0 Å². The second kappa shape index (κ2) is 11.1. The molecule has 0 radical (unpaired) electrons. The number of ether oxygens (including phenoxy) is 1. The summed E-state index contributed by atoms with van der Waals surface area (Å²) in [4.78, 5) is 22.4. The standard InChI is InChI=1S/C21H32FN5O3/c1-14(16-7-8-17(22)18(11-16)30-13-15-5-6-15)24-10-4-2-3-9-23-12-19-25-20(28)27-21(29)26-19/h7-8,11,14-15,19,23-24H,2-6,9-10,12-13H2,1H3,(H3,25,26,27,28,29)/t14-/m1/s1. The van der Waals surface area contributed by atoms with Crippen LogP contribution in [0.5, 0.6) is 5.75 Å². The quantitative estimate of drug-likeness (QED) is 0.315. The molecule has 0 aromatic heterocycles. The van der Waals surface area contributed by atoms with Crippen molar-refractivity contribution in [3.63, 3.8) is 0 Å². The van der Waals surface area contributed by atoms with Gasteiger partial charge < -0.3 is 26.0 Å². The molecule has 8 nitrogen and oxygen atoms in total. The van der Waals surface area contributed by atoms with Crippen LogP contribution in [0.4, 0.5) is 14.0 Å². The topological polar surface area (TPSA) is 104 Å². The number of unbranched alkanes of at least 4 members (excludes halogenated alkanes) is 2. The average Bonchev–Trinajstić information content (AvgIpc) is 3.53. The molecule has 9 heteroatoms. The highest BCUT2D eigenvalue weighted by Gasteiger charge is 2.23. The fraction of sp³-hybridized carbons (Fsp3) is 0.619. The number of hydrogen-bond donors (Lipinski definition) is 5. The molecule has 0 spiro atoms. The summed E-state index contributed by atoms with van der Waals surface area (Å²) in [7, 11) is 0. The van der Waals surface area contributed by atoms with Crippen LogP contribution in [0.15, 0.2) is 18.2 Å². The van der Waals surface area contributed by atoms with E-state index in [-0.39, 0.29) is 18.0 Å². The van der Waals surface area contributed by atoms with Gasteiger partial charge in [-0.05, 0) is 69.3 Å². The molecule has 4 amide bonds. The maximum Gasteiger partial charge on any atom is 0.324 e. The third-order valence-electron chi connectivity index (χ3n) is 5.29. The molecule has 1 aromatic carbocycles. The normalized spacial score (nSPS) is 17.8. The van der Waals surface area contributed by atoms with Crippen LogP contribution in [-0.4, -0.2) is 44.5 Å². The summed E-state index contributed by atoms with van der Waals surface area (Å²) in [6.45, 7) is 4.85. The molecule has 1 aliphatic heterocycles. The molecule has 0 unspecified atom stereocenters. The Morgan fingerprint density at radius 3 is 2.60 bits per heavy atom. The van der Waals surface area contributed by atoms with Crippen molar-refractivity contribution in [1.82, 2.24) is 26.6 Å². The van der Waals surface area contributed by atoms with E-state index in [9.17, 15) is 14.0 Å². The number of amides is 4. The molecular formula is C21H32FN5O3. The summed E-state index contributed by atoms with van der Waals surface area (Å²) in [6, 6.07) is 4.26. The van der Waals surface area contributed by atoms with Crippen LogP contribution >= 0.6 is 0 Å². The van der Waals surface area contributed by atoms with Gasteiger partial charge in [0.1, 0.15) is 6.17 Å². The van der Waals surface area contributed by atoms with E-state index in [1.54, 1.807) is 12.1 Å². The second-order valence-electron chi connectivity index (χ2n) is 8.01. The van der Waals surface area contributed by atoms with Gasteiger partial charge in [0.25, 0.3) is 0 Å². The summed E-state index contributed by atoms with van der Waals surface area (Å²) >= 11 is 0. The van der Waals surface area contributed by atoms with Crippen LogP contribution in [0.3, 0.4) is 0 Å². The lowest BCUT2D eigenvalue weighted by molar-refractivity contribution is 0.208. The van der Waals surface area contributed by atoms with E-state index >= 15 is 0 Å². The Bertz CT molecular complexity index is 713. The van der Waals surface area contributed by atoms with Gasteiger partial charge in [0, 0.05) is 12.6 Å². The zero-order valence-corrected chi connectivity index (χ0v) is 17.4. The Labute approximate surface area is 176 Å². The fourth-order valence-electron chi connectivity index (χ4n) is 3.26. The summed E-state index contributed by atoms with van der Waals surface area (Å²) in [5.74, 6) is 0.637. The number of urea groups is 2. The van der Waals surface area contributed by atoms with Crippen molar-refractivity contribution in [3.05, 3.63) is 29.6 Å². The number of benzene rings is 1. The van der Waals surface area contributed by atoms with Crippen LogP contribution in [0.2, 0.25) is 0 Å². The van der Waals surface area contributed by atoms with Crippen molar-refractivity contribution >= 4 is 12.1 Å². The van der Waals surface area contributed by atoms with Crippen molar-refractivity contribution in [2.75, 3.05) is 26.2 Å². The molecule has 1 atom stereocenters. The van der Waals surface area contributed by atoms with Gasteiger partial charge in [-0.2, -0.15) is 0 Å². The van der Waals surface area contributed by atoms with Crippen LogP contribution in [-0.2, 0) is 0 Å². The monoisotopic (exact) mass is 421 g/mol. The first-order valence-electron chi connectivity index (χ1n) is 10.8. The lowest BCUT2D eigenvalue weighted by Crippen LogP contribution is -2.64. The molecule has 3 rings (SSSR count). The SMILES string of the molecule is C[C@@H](NCCCCCNCC1NC(=O)NC(=O)N1)c1ccc(F)c(OCC2CC2)c1. The zero-order chi connectivity index (χ0) is 21.3. The summed E-state index contributed by atoms with van der Waals surface area (Å²) in [5.41, 5.74) is 1.02. The van der Waals surface area contributed by atoms with Gasteiger partial charge in [-0.25, -0.2) is 14.0 Å². The minimum absolute atomic E-state index is 0.124. The van der Waals surface area contributed by atoms with Crippen molar-refractivity contribution < 1.29 is 18.7 Å².